The Morgan fingerprint density at radius 1 is 1.22 bits per heavy atom. The summed E-state index contributed by atoms with van der Waals surface area (Å²) in [5.41, 5.74) is 0. The smallest absolute Gasteiger partial charge is 0.161 e. The summed E-state index contributed by atoms with van der Waals surface area (Å²) in [5.74, 6) is 0.600. The topological polar surface area (TPSA) is 22.9 Å². The Morgan fingerprint density at radius 2 is 2.00 bits per heavy atom. The maximum atomic E-state index is 6.13. The maximum absolute atomic E-state index is 6.13. The van der Waals surface area contributed by atoms with Crippen LogP contribution >= 0.6 is 0 Å². The van der Waals surface area contributed by atoms with Crippen molar-refractivity contribution in [1.82, 2.24) is 0 Å². The van der Waals surface area contributed by atoms with E-state index in [-0.39, 0.29) is 6.29 Å². The molecule has 2 aliphatic heterocycles. The normalized spacial score (nSPS) is 31.0. The van der Waals surface area contributed by atoms with Gasteiger partial charge >= 0.3 is 0 Å². The van der Waals surface area contributed by atoms with Crippen molar-refractivity contribution in [3.05, 3.63) is 0 Å². The van der Waals surface area contributed by atoms with Crippen LogP contribution < -0.4 is 4.90 Å². The molecule has 0 saturated carbocycles. The lowest BCUT2D eigenvalue weighted by atomic mass is 9.99. The quantitative estimate of drug-likeness (QED) is 0.748. The zero-order valence-corrected chi connectivity index (χ0v) is 12.1. The molecule has 2 heterocycles. The van der Waals surface area contributed by atoms with Gasteiger partial charge in [-0.05, 0) is 12.8 Å². The molecule has 2 fully saturated rings. The molecule has 0 amide bonds. The Balaban J connectivity index is 1.72. The zero-order valence-electron chi connectivity index (χ0n) is 12.1. The molecular formula is C15H30NO2+. The summed E-state index contributed by atoms with van der Waals surface area (Å²) in [4.78, 5) is 1.71. The number of likely N-dealkylation sites (tertiary alicyclic amines) is 1. The lowest BCUT2D eigenvalue weighted by molar-refractivity contribution is -0.890. The van der Waals surface area contributed by atoms with Gasteiger partial charge in [-0.15, -0.1) is 0 Å². The lowest BCUT2D eigenvalue weighted by Crippen LogP contribution is -3.11. The minimum atomic E-state index is 0.0774. The molecule has 106 valence electrons. The largest absolute Gasteiger partial charge is 0.349 e. The van der Waals surface area contributed by atoms with Gasteiger partial charge in [-0.2, -0.15) is 0 Å². The first-order valence-electron chi connectivity index (χ1n) is 7.94. The van der Waals surface area contributed by atoms with Crippen molar-refractivity contribution in [2.75, 3.05) is 26.2 Å². The summed E-state index contributed by atoms with van der Waals surface area (Å²) >= 11 is 0. The first-order chi connectivity index (χ1) is 8.83. The standard InChI is InChI=1S/C15H29NO2/c1-3-5-8-13(4-2)15-17-12-14(18-15)11-16-9-6-7-10-16/h13-15H,3-12H2,1-2H3/p+1/t13-,14+,15-/m1/s1. The molecule has 0 aromatic rings. The molecule has 0 spiro atoms. The Bertz CT molecular complexity index is 229. The van der Waals surface area contributed by atoms with E-state index in [0.717, 1.165) is 13.2 Å². The van der Waals surface area contributed by atoms with Crippen molar-refractivity contribution in [3.8, 4) is 0 Å². The molecule has 18 heavy (non-hydrogen) atoms. The molecule has 0 aromatic carbocycles. The van der Waals surface area contributed by atoms with E-state index >= 15 is 0 Å². The highest BCUT2D eigenvalue weighted by Crippen LogP contribution is 2.25. The number of rotatable bonds is 7. The van der Waals surface area contributed by atoms with Crippen molar-refractivity contribution < 1.29 is 14.4 Å². The third-order valence-electron chi connectivity index (χ3n) is 4.44. The van der Waals surface area contributed by atoms with Crippen LogP contribution in [0.5, 0.6) is 0 Å². The maximum Gasteiger partial charge on any atom is 0.161 e. The predicted octanol–water partition coefficient (Wildman–Crippen LogP) is 1.62. The highest BCUT2D eigenvalue weighted by atomic mass is 16.7. The van der Waals surface area contributed by atoms with Crippen LogP contribution in [0, 0.1) is 5.92 Å². The summed E-state index contributed by atoms with van der Waals surface area (Å²) < 4.78 is 12.0. The second-order valence-corrected chi connectivity index (χ2v) is 5.93. The third kappa shape index (κ3) is 3.94. The molecule has 0 aliphatic carbocycles. The van der Waals surface area contributed by atoms with E-state index < -0.39 is 0 Å². The highest BCUT2D eigenvalue weighted by Gasteiger charge is 2.34. The SMILES string of the molecule is CCCC[C@@H](CC)[C@@H]1OC[C@H](C[NH+]2CCCC2)O1. The first kappa shape index (κ1) is 14.3. The van der Waals surface area contributed by atoms with Crippen molar-refractivity contribution in [3.63, 3.8) is 0 Å². The van der Waals surface area contributed by atoms with E-state index in [0.29, 0.717) is 12.0 Å². The molecule has 3 heteroatoms. The summed E-state index contributed by atoms with van der Waals surface area (Å²) in [6.45, 7) is 9.14. The van der Waals surface area contributed by atoms with Crippen molar-refractivity contribution >= 4 is 0 Å². The first-order valence-corrected chi connectivity index (χ1v) is 7.94. The summed E-state index contributed by atoms with van der Waals surface area (Å²) in [5, 5.41) is 0. The number of nitrogens with one attached hydrogen (secondary N) is 1. The van der Waals surface area contributed by atoms with Crippen molar-refractivity contribution in [2.45, 2.75) is 64.8 Å². The van der Waals surface area contributed by atoms with Gasteiger partial charge in [0.2, 0.25) is 0 Å². The van der Waals surface area contributed by atoms with E-state index in [1.54, 1.807) is 4.90 Å². The van der Waals surface area contributed by atoms with Crippen LogP contribution in [0.1, 0.15) is 52.4 Å². The molecule has 0 unspecified atom stereocenters. The van der Waals surface area contributed by atoms with Crippen LogP contribution in [-0.2, 0) is 9.47 Å². The third-order valence-corrected chi connectivity index (χ3v) is 4.44. The van der Waals surface area contributed by atoms with Gasteiger partial charge in [0, 0.05) is 18.8 Å². The van der Waals surface area contributed by atoms with Gasteiger partial charge in [0.1, 0.15) is 12.6 Å². The van der Waals surface area contributed by atoms with Crippen LogP contribution in [0.15, 0.2) is 0 Å². The molecule has 2 saturated heterocycles. The minimum Gasteiger partial charge on any atom is -0.349 e. The van der Waals surface area contributed by atoms with E-state index in [2.05, 4.69) is 13.8 Å². The molecule has 2 rings (SSSR count). The molecule has 3 atom stereocenters. The van der Waals surface area contributed by atoms with Crippen LogP contribution in [0.2, 0.25) is 0 Å². The number of hydrogen-bond donors (Lipinski definition) is 1. The van der Waals surface area contributed by atoms with E-state index in [9.17, 15) is 0 Å². The molecule has 0 radical (unpaired) electrons. The monoisotopic (exact) mass is 256 g/mol. The fourth-order valence-electron chi connectivity index (χ4n) is 3.22. The van der Waals surface area contributed by atoms with E-state index in [1.807, 2.05) is 0 Å². The Hall–Kier alpha value is -0.120. The zero-order chi connectivity index (χ0) is 12.8. The summed E-state index contributed by atoms with van der Waals surface area (Å²) in [6, 6.07) is 0. The van der Waals surface area contributed by atoms with Crippen LogP contribution in [-0.4, -0.2) is 38.6 Å². The van der Waals surface area contributed by atoms with Crippen LogP contribution in [0.4, 0.5) is 0 Å². The van der Waals surface area contributed by atoms with Gasteiger partial charge in [0.15, 0.2) is 6.29 Å². The summed E-state index contributed by atoms with van der Waals surface area (Å²) in [6.07, 6.45) is 8.19. The molecule has 3 nitrogen and oxygen atoms in total. The van der Waals surface area contributed by atoms with Crippen LogP contribution in [0.25, 0.3) is 0 Å². The number of quaternary nitrogens is 1. The highest BCUT2D eigenvalue weighted by molar-refractivity contribution is 4.71. The van der Waals surface area contributed by atoms with Gasteiger partial charge in [0.05, 0.1) is 19.7 Å². The van der Waals surface area contributed by atoms with Gasteiger partial charge in [-0.1, -0.05) is 26.7 Å². The van der Waals surface area contributed by atoms with Gasteiger partial charge in [0.25, 0.3) is 0 Å². The van der Waals surface area contributed by atoms with Crippen LogP contribution in [0.3, 0.4) is 0 Å². The number of ether oxygens (including phenoxy) is 2. The van der Waals surface area contributed by atoms with Crippen molar-refractivity contribution in [1.29, 1.82) is 0 Å². The number of unbranched alkanes of at least 4 members (excludes halogenated alkanes) is 1. The molecular weight excluding hydrogens is 226 g/mol. The van der Waals surface area contributed by atoms with Crippen molar-refractivity contribution in [2.24, 2.45) is 5.92 Å². The molecule has 0 bridgehead atoms. The van der Waals surface area contributed by atoms with Gasteiger partial charge in [-0.3, -0.25) is 0 Å². The minimum absolute atomic E-state index is 0.0774. The summed E-state index contributed by atoms with van der Waals surface area (Å²) in [7, 11) is 0. The average molecular weight is 256 g/mol. The Morgan fingerprint density at radius 3 is 2.67 bits per heavy atom. The van der Waals surface area contributed by atoms with Gasteiger partial charge < -0.3 is 14.4 Å². The Kier molecular flexibility index (Phi) is 5.93. The number of hydrogen-bond acceptors (Lipinski definition) is 2. The molecule has 2 aliphatic rings. The second-order valence-electron chi connectivity index (χ2n) is 5.93. The Labute approximate surface area is 112 Å². The molecule has 0 aromatic heterocycles. The lowest BCUT2D eigenvalue weighted by Gasteiger charge is -2.21. The second kappa shape index (κ2) is 7.46. The fraction of sp³-hybridized carbons (Fsp3) is 1.00. The fourth-order valence-corrected chi connectivity index (χ4v) is 3.22. The molecule has 1 N–H and O–H groups in total. The average Bonchev–Trinajstić information content (AvgIpc) is 3.03. The van der Waals surface area contributed by atoms with E-state index in [4.69, 9.17) is 9.47 Å². The van der Waals surface area contributed by atoms with Gasteiger partial charge in [-0.25, -0.2) is 0 Å². The van der Waals surface area contributed by atoms with E-state index in [1.165, 1.54) is 51.6 Å². The predicted molar refractivity (Wildman–Crippen MR) is 72.7 cm³/mol.